The summed E-state index contributed by atoms with van der Waals surface area (Å²) >= 11 is 0. The Labute approximate surface area is 412 Å². The second kappa shape index (κ2) is 14.5. The normalized spacial score (nSPS) is 13.8. The van der Waals surface area contributed by atoms with Crippen molar-refractivity contribution in [1.82, 2.24) is 4.57 Å². The highest BCUT2D eigenvalue weighted by molar-refractivity contribution is 6.99. The number of benzene rings is 11. The molecule has 0 saturated heterocycles. The van der Waals surface area contributed by atoms with Crippen molar-refractivity contribution >= 4 is 62.0 Å². The first kappa shape index (κ1) is 38.8. The van der Waals surface area contributed by atoms with Crippen molar-refractivity contribution in [3.05, 3.63) is 271 Å². The lowest BCUT2D eigenvalue weighted by molar-refractivity contribution is 0.487. The quantitative estimate of drug-likeness (QED) is 0.164. The van der Waals surface area contributed by atoms with E-state index >= 15 is 0 Å². The lowest BCUT2D eigenvalue weighted by atomic mass is 9.34. The van der Waals surface area contributed by atoms with Crippen LogP contribution < -0.4 is 26.0 Å². The minimum absolute atomic E-state index is 0.134. The molecule has 0 radical (unpaired) electrons. The average molecular weight is 901 g/mol. The fourth-order valence-corrected chi connectivity index (χ4v) is 13.3. The zero-order chi connectivity index (χ0) is 46.4. The first-order chi connectivity index (χ1) is 35.2. The Morgan fingerprint density at radius 2 is 0.873 bits per heavy atom. The molecule has 11 aromatic carbocycles. The summed E-state index contributed by atoms with van der Waals surface area (Å²) in [5.41, 5.74) is 24.9. The van der Waals surface area contributed by atoms with Gasteiger partial charge in [-0.1, -0.05) is 206 Å². The maximum Gasteiger partial charge on any atom is 0.256 e. The maximum atomic E-state index is 7.38. The third-order valence-corrected chi connectivity index (χ3v) is 16.0. The van der Waals surface area contributed by atoms with Crippen LogP contribution in [0.1, 0.15) is 22.3 Å². The van der Waals surface area contributed by atoms with E-state index in [9.17, 15) is 0 Å². The summed E-state index contributed by atoms with van der Waals surface area (Å²) in [7, 11) is 0. The highest BCUT2D eigenvalue weighted by Gasteiger charge is 2.54. The molecule has 4 aliphatic rings. The van der Waals surface area contributed by atoms with Crippen LogP contribution in [0.4, 0.5) is 17.1 Å². The molecule has 16 rings (SSSR count). The Bertz CT molecular complexity index is 4110. The van der Waals surface area contributed by atoms with Crippen LogP contribution in [0.25, 0.3) is 72.0 Å². The summed E-state index contributed by atoms with van der Waals surface area (Å²) < 4.78 is 9.82. The van der Waals surface area contributed by atoms with E-state index in [1.54, 1.807) is 0 Å². The molecule has 0 amide bonds. The molecule has 0 saturated carbocycles. The summed E-state index contributed by atoms with van der Waals surface area (Å²) in [5, 5.41) is 2.45. The van der Waals surface area contributed by atoms with Gasteiger partial charge in [-0.15, -0.1) is 0 Å². The van der Waals surface area contributed by atoms with Crippen molar-refractivity contribution < 1.29 is 4.74 Å². The van der Waals surface area contributed by atoms with Crippen LogP contribution in [-0.4, -0.2) is 11.3 Å². The number of anilines is 3. The van der Waals surface area contributed by atoms with Crippen molar-refractivity contribution in [2.45, 2.75) is 5.41 Å². The molecular weight excluding hydrogens is 860 g/mol. The van der Waals surface area contributed by atoms with E-state index in [1.165, 1.54) is 88.5 Å². The molecule has 0 fully saturated rings. The second-order valence-corrected chi connectivity index (χ2v) is 19.5. The topological polar surface area (TPSA) is 17.4 Å². The monoisotopic (exact) mass is 900 g/mol. The average Bonchev–Trinajstić information content (AvgIpc) is 4.06. The zero-order valence-corrected chi connectivity index (χ0v) is 38.6. The number of rotatable bonds is 4. The fraction of sp³-hybridized carbons (Fsp3) is 0.0149. The summed E-state index contributed by atoms with van der Waals surface area (Å²) in [6.45, 7) is -0.134. The van der Waals surface area contributed by atoms with E-state index in [4.69, 9.17) is 4.74 Å². The van der Waals surface area contributed by atoms with Crippen molar-refractivity contribution in [1.29, 1.82) is 0 Å². The van der Waals surface area contributed by atoms with Crippen molar-refractivity contribution in [3.63, 3.8) is 0 Å². The molecule has 1 spiro atoms. The SMILES string of the molecule is c1ccc(-c2ccc3c(c2)B2c4cc(-c5ccccc5)ccc4N(c4cccc5c4C4(c6ccccc6-c6ccccc64)c4ccccc4-5)c4cc(-n5c6ccccc6c6ccccc65)cc(c42)O3)cc1. The minimum atomic E-state index is -0.575. The summed E-state index contributed by atoms with van der Waals surface area (Å²) in [6, 6.07) is 92.4. The molecule has 0 atom stereocenters. The van der Waals surface area contributed by atoms with Gasteiger partial charge in [-0.05, 0) is 114 Å². The molecule has 328 valence electrons. The van der Waals surface area contributed by atoms with Gasteiger partial charge in [0.25, 0.3) is 6.71 Å². The number of nitrogens with zero attached hydrogens (tertiary/aromatic N) is 2. The molecule has 0 N–H and O–H groups in total. The van der Waals surface area contributed by atoms with E-state index in [2.05, 4.69) is 258 Å². The Hall–Kier alpha value is -9.12. The van der Waals surface area contributed by atoms with Gasteiger partial charge in [0.05, 0.1) is 27.8 Å². The van der Waals surface area contributed by atoms with Crippen molar-refractivity contribution in [3.8, 4) is 61.7 Å². The van der Waals surface area contributed by atoms with Gasteiger partial charge in [-0.3, -0.25) is 0 Å². The molecule has 3 nitrogen and oxygen atoms in total. The first-order valence-electron chi connectivity index (χ1n) is 24.7. The molecule has 2 aliphatic heterocycles. The zero-order valence-electron chi connectivity index (χ0n) is 38.6. The summed E-state index contributed by atoms with van der Waals surface area (Å²) in [5.74, 6) is 1.75. The molecule has 0 bridgehead atoms. The largest absolute Gasteiger partial charge is 0.458 e. The number of fused-ring (bicyclic) bond motifs is 17. The molecule has 71 heavy (non-hydrogen) atoms. The minimum Gasteiger partial charge on any atom is -0.458 e. The summed E-state index contributed by atoms with van der Waals surface area (Å²) in [6.07, 6.45) is 0. The van der Waals surface area contributed by atoms with Crippen LogP contribution in [0.5, 0.6) is 11.5 Å². The number of hydrogen-bond donors (Lipinski definition) is 0. The van der Waals surface area contributed by atoms with Crippen molar-refractivity contribution in [2.24, 2.45) is 0 Å². The maximum absolute atomic E-state index is 7.38. The van der Waals surface area contributed by atoms with Crippen LogP contribution in [0, 0.1) is 0 Å². The Morgan fingerprint density at radius 1 is 0.352 bits per heavy atom. The third kappa shape index (κ3) is 5.18. The van der Waals surface area contributed by atoms with Crippen LogP contribution in [0.15, 0.2) is 249 Å². The predicted molar refractivity (Wildman–Crippen MR) is 294 cm³/mol. The number of hydrogen-bond acceptors (Lipinski definition) is 2. The Kier molecular flexibility index (Phi) is 7.90. The molecule has 3 heterocycles. The van der Waals surface area contributed by atoms with Gasteiger partial charge in [0, 0.05) is 33.8 Å². The number of ether oxygens (including phenoxy) is 1. The van der Waals surface area contributed by atoms with E-state index in [1.807, 2.05) is 0 Å². The standard InChI is InChI=1S/C67H41BN2O/c1-3-18-42(19-4-1)44-34-36-60-56(38-44)68-57-39-45(43-20-5-2-6-21-43)35-37-63(57)71-64-41-46(69-58-31-15-10-25-50(58)51-26-11-16-32-59(51)69)40-62(66(64)68)70(60)61-33-17-27-52-49-24-9-14-30-55(49)67(65(52)61)53-28-12-7-22-47(53)48-23-8-13-29-54(48)67/h1-41H. The van der Waals surface area contributed by atoms with Gasteiger partial charge >= 0.3 is 0 Å². The van der Waals surface area contributed by atoms with Gasteiger partial charge < -0.3 is 14.2 Å². The molecule has 2 aliphatic carbocycles. The van der Waals surface area contributed by atoms with Gasteiger partial charge in [0.2, 0.25) is 0 Å². The van der Waals surface area contributed by atoms with Crippen molar-refractivity contribution in [2.75, 3.05) is 4.90 Å². The van der Waals surface area contributed by atoms with Crippen LogP contribution in [-0.2, 0) is 5.41 Å². The molecule has 4 heteroatoms. The highest BCUT2D eigenvalue weighted by atomic mass is 16.5. The van der Waals surface area contributed by atoms with Gasteiger partial charge in [0.1, 0.15) is 11.5 Å². The van der Waals surface area contributed by atoms with Gasteiger partial charge in [-0.25, -0.2) is 0 Å². The Balaban J connectivity index is 1.05. The lowest BCUT2D eigenvalue weighted by Gasteiger charge is -2.42. The summed E-state index contributed by atoms with van der Waals surface area (Å²) in [4.78, 5) is 2.61. The van der Waals surface area contributed by atoms with E-state index in [-0.39, 0.29) is 6.71 Å². The van der Waals surface area contributed by atoms with Crippen LogP contribution >= 0.6 is 0 Å². The van der Waals surface area contributed by atoms with Gasteiger partial charge in [-0.2, -0.15) is 0 Å². The first-order valence-corrected chi connectivity index (χ1v) is 24.7. The van der Waals surface area contributed by atoms with Gasteiger partial charge in [0.15, 0.2) is 0 Å². The van der Waals surface area contributed by atoms with Crippen LogP contribution in [0.2, 0.25) is 0 Å². The van der Waals surface area contributed by atoms with Crippen LogP contribution in [0.3, 0.4) is 0 Å². The second-order valence-electron chi connectivity index (χ2n) is 19.5. The predicted octanol–water partition coefficient (Wildman–Crippen LogP) is 14.9. The third-order valence-electron chi connectivity index (χ3n) is 16.0. The number of para-hydroxylation sites is 2. The lowest BCUT2D eigenvalue weighted by Crippen LogP contribution is -2.59. The van der Waals surface area contributed by atoms with E-state index in [0.29, 0.717) is 0 Å². The van der Waals surface area contributed by atoms with E-state index < -0.39 is 5.41 Å². The molecule has 0 unspecified atom stereocenters. The number of aromatic nitrogens is 1. The fourth-order valence-electron chi connectivity index (χ4n) is 13.3. The molecule has 12 aromatic rings. The highest BCUT2D eigenvalue weighted by Crippen LogP contribution is 2.65. The smallest absolute Gasteiger partial charge is 0.256 e. The van der Waals surface area contributed by atoms with E-state index in [0.717, 1.165) is 50.7 Å². The molecule has 1 aromatic heterocycles. The Morgan fingerprint density at radius 3 is 1.51 bits per heavy atom. The molecular formula is C67H41BN2O.